The smallest absolute Gasteiger partial charge is 0.211 e. The lowest BCUT2D eigenvalue weighted by Crippen LogP contribution is -2.39. The van der Waals surface area contributed by atoms with E-state index in [2.05, 4.69) is 40.7 Å². The van der Waals surface area contributed by atoms with Crippen LogP contribution in [0.1, 0.15) is 76.2 Å². The zero-order valence-electron chi connectivity index (χ0n) is 18.5. The minimum atomic E-state index is -0.716. The van der Waals surface area contributed by atoms with Gasteiger partial charge in [-0.2, -0.15) is 0 Å². The summed E-state index contributed by atoms with van der Waals surface area (Å²) >= 11 is 12.7. The highest BCUT2D eigenvalue weighted by Gasteiger charge is 2.67. The second-order valence-corrected chi connectivity index (χ2v) is 10.5. The van der Waals surface area contributed by atoms with Crippen molar-refractivity contribution >= 4 is 29.0 Å². The van der Waals surface area contributed by atoms with Crippen LogP contribution >= 0.6 is 23.2 Å². The molecule has 1 aromatic carbocycles. The van der Waals surface area contributed by atoms with Crippen LogP contribution in [0.4, 0.5) is 0 Å². The molecule has 0 amide bonds. The average molecular weight is 463 g/mol. The molecule has 1 heterocycles. The van der Waals surface area contributed by atoms with E-state index in [9.17, 15) is 15.0 Å². The first-order valence-electron chi connectivity index (χ1n) is 10.6. The van der Waals surface area contributed by atoms with E-state index in [0.717, 1.165) is 19.3 Å². The van der Waals surface area contributed by atoms with E-state index in [-0.39, 0.29) is 27.3 Å². The molecular weight excluding hydrogens is 435 g/mol. The van der Waals surface area contributed by atoms with E-state index in [1.807, 2.05) is 0 Å². The van der Waals surface area contributed by atoms with Crippen molar-refractivity contribution in [3.05, 3.63) is 55.8 Å². The molecule has 2 aliphatic carbocycles. The SMILES string of the molecule is CC(C)=CCC[C@]1(C)OC2=C(Cl)C(=O)c3c(cc(O)c(Cl)c3O)[C@@]23CC(=C(C)C)C[C@@H]13. The fraction of sp³-hybridized carbons (Fsp3) is 0.480. The molecule has 1 aromatic rings. The number of rotatable bonds is 3. The van der Waals surface area contributed by atoms with Gasteiger partial charge >= 0.3 is 0 Å². The number of fused-ring (bicyclic) bond motifs is 1. The molecule has 1 spiro atoms. The summed E-state index contributed by atoms with van der Waals surface area (Å²) in [6, 6.07) is 1.52. The van der Waals surface area contributed by atoms with Crippen molar-refractivity contribution in [3.8, 4) is 11.5 Å². The van der Waals surface area contributed by atoms with Gasteiger partial charge in [-0.3, -0.25) is 4.79 Å². The van der Waals surface area contributed by atoms with E-state index < -0.39 is 22.5 Å². The minimum absolute atomic E-state index is 0.00417. The van der Waals surface area contributed by atoms with Gasteiger partial charge < -0.3 is 14.9 Å². The molecule has 4 rings (SSSR count). The van der Waals surface area contributed by atoms with Crippen LogP contribution in [-0.4, -0.2) is 21.6 Å². The lowest BCUT2D eigenvalue weighted by atomic mass is 9.63. The molecule has 166 valence electrons. The van der Waals surface area contributed by atoms with Gasteiger partial charge in [0.15, 0.2) is 0 Å². The molecule has 3 aliphatic rings. The van der Waals surface area contributed by atoms with Crippen molar-refractivity contribution in [2.24, 2.45) is 5.92 Å². The number of carbonyl (C=O) groups is 1. The third-order valence-electron chi connectivity index (χ3n) is 7.24. The largest absolute Gasteiger partial charge is 0.506 e. The number of ketones is 1. The van der Waals surface area contributed by atoms with E-state index in [1.54, 1.807) is 0 Å². The minimum Gasteiger partial charge on any atom is -0.506 e. The Morgan fingerprint density at radius 3 is 2.55 bits per heavy atom. The monoisotopic (exact) mass is 462 g/mol. The Hall–Kier alpha value is -1.91. The van der Waals surface area contributed by atoms with Gasteiger partial charge in [0, 0.05) is 5.92 Å². The molecule has 1 saturated heterocycles. The van der Waals surface area contributed by atoms with Crippen LogP contribution in [0.25, 0.3) is 0 Å². The summed E-state index contributed by atoms with van der Waals surface area (Å²) in [6.07, 6.45) is 5.23. The second-order valence-electron chi connectivity index (χ2n) is 9.70. The first-order chi connectivity index (χ1) is 14.4. The Balaban J connectivity index is 1.99. The fourth-order valence-electron chi connectivity index (χ4n) is 5.65. The highest BCUT2D eigenvalue weighted by atomic mass is 35.5. The lowest BCUT2D eigenvalue weighted by Gasteiger charge is -2.36. The molecule has 1 aliphatic heterocycles. The number of ether oxygens (including phenoxy) is 1. The second kappa shape index (κ2) is 7.31. The number of aromatic hydroxyl groups is 2. The molecular formula is C25H28Cl2O4. The molecule has 2 N–H and O–H groups in total. The van der Waals surface area contributed by atoms with Gasteiger partial charge in [-0.05, 0) is 71.9 Å². The summed E-state index contributed by atoms with van der Waals surface area (Å²) in [7, 11) is 0. The van der Waals surface area contributed by atoms with Crippen molar-refractivity contribution in [2.75, 3.05) is 0 Å². The van der Waals surface area contributed by atoms with Gasteiger partial charge in [0.05, 0.1) is 11.0 Å². The van der Waals surface area contributed by atoms with Crippen LogP contribution in [0.5, 0.6) is 11.5 Å². The zero-order valence-corrected chi connectivity index (χ0v) is 20.0. The van der Waals surface area contributed by atoms with Crippen molar-refractivity contribution in [3.63, 3.8) is 0 Å². The van der Waals surface area contributed by atoms with Gasteiger partial charge in [0.25, 0.3) is 0 Å². The number of benzene rings is 1. The third kappa shape index (κ3) is 3.06. The summed E-state index contributed by atoms with van der Waals surface area (Å²) in [6.45, 7) is 10.4. The van der Waals surface area contributed by atoms with Crippen molar-refractivity contribution < 1.29 is 19.7 Å². The molecule has 0 bridgehead atoms. The highest BCUT2D eigenvalue weighted by molar-refractivity contribution is 6.47. The number of Topliss-reactive ketones (excluding diaryl/α,β-unsaturated/α-hetero) is 1. The predicted molar refractivity (Wildman–Crippen MR) is 123 cm³/mol. The molecule has 0 aromatic heterocycles. The predicted octanol–water partition coefficient (Wildman–Crippen LogP) is 6.92. The molecule has 1 saturated carbocycles. The van der Waals surface area contributed by atoms with Gasteiger partial charge in [-0.15, -0.1) is 0 Å². The lowest BCUT2D eigenvalue weighted by molar-refractivity contribution is 0.0166. The first-order valence-corrected chi connectivity index (χ1v) is 11.4. The third-order valence-corrected chi connectivity index (χ3v) is 7.96. The topological polar surface area (TPSA) is 66.8 Å². The number of allylic oxidation sites excluding steroid dienone is 6. The average Bonchev–Trinajstić information content (AvgIpc) is 3.19. The molecule has 2 fully saturated rings. The molecule has 0 radical (unpaired) electrons. The number of carbonyl (C=O) groups excluding carboxylic acids is 1. The van der Waals surface area contributed by atoms with Crippen molar-refractivity contribution in [1.29, 1.82) is 0 Å². The Morgan fingerprint density at radius 1 is 1.26 bits per heavy atom. The molecule has 4 nitrogen and oxygen atoms in total. The Bertz CT molecular complexity index is 1090. The maximum atomic E-state index is 13.2. The first kappa shape index (κ1) is 22.3. The standard InChI is InChI=1S/C25H28Cl2O4/c1-12(2)7-6-8-24(5)17-9-14(13(3)4)11-25(17)15-10-16(28)19(26)21(29)18(15)22(30)20(27)23(25)31-24/h7,10,17,28-29H,6,8-9,11H2,1-5H3/t17-,24-,25+/m0/s1. The van der Waals surface area contributed by atoms with Crippen LogP contribution < -0.4 is 0 Å². The molecule has 0 unspecified atom stereocenters. The van der Waals surface area contributed by atoms with Crippen molar-refractivity contribution in [1.82, 2.24) is 0 Å². The summed E-state index contributed by atoms with van der Waals surface area (Å²) in [4.78, 5) is 13.2. The van der Waals surface area contributed by atoms with Crippen LogP contribution in [0, 0.1) is 5.92 Å². The van der Waals surface area contributed by atoms with Crippen LogP contribution in [-0.2, 0) is 10.2 Å². The Labute approximate surface area is 193 Å². The molecule has 31 heavy (non-hydrogen) atoms. The maximum Gasteiger partial charge on any atom is 0.211 e. The summed E-state index contributed by atoms with van der Waals surface area (Å²) in [5, 5.41) is 20.9. The van der Waals surface area contributed by atoms with Gasteiger partial charge in [-0.25, -0.2) is 0 Å². The van der Waals surface area contributed by atoms with E-state index in [0.29, 0.717) is 17.7 Å². The fourth-order valence-corrected chi connectivity index (χ4v) is 6.10. The zero-order chi connectivity index (χ0) is 22.9. The molecule has 6 heteroatoms. The van der Waals surface area contributed by atoms with Gasteiger partial charge in [0.2, 0.25) is 5.78 Å². The molecule has 3 atom stereocenters. The summed E-state index contributed by atoms with van der Waals surface area (Å²) in [5.41, 5.74) is 3.13. The van der Waals surface area contributed by atoms with Gasteiger partial charge in [0.1, 0.15) is 32.9 Å². The number of hydrogen-bond acceptors (Lipinski definition) is 4. The van der Waals surface area contributed by atoms with E-state index in [1.165, 1.54) is 22.8 Å². The summed E-state index contributed by atoms with van der Waals surface area (Å²) < 4.78 is 6.55. The number of phenolic OH excluding ortho intramolecular Hbond substituents is 2. The van der Waals surface area contributed by atoms with Crippen LogP contribution in [0.15, 0.2) is 39.7 Å². The van der Waals surface area contributed by atoms with Crippen molar-refractivity contribution in [2.45, 2.75) is 71.3 Å². The van der Waals surface area contributed by atoms with E-state index in [4.69, 9.17) is 27.9 Å². The van der Waals surface area contributed by atoms with Crippen LogP contribution in [0.2, 0.25) is 5.02 Å². The number of halogens is 2. The Morgan fingerprint density at radius 2 is 1.94 bits per heavy atom. The highest BCUT2D eigenvalue weighted by Crippen LogP contribution is 2.68. The van der Waals surface area contributed by atoms with E-state index >= 15 is 0 Å². The number of hydrogen-bond donors (Lipinski definition) is 2. The van der Waals surface area contributed by atoms with Gasteiger partial charge in [-0.1, -0.05) is 46.0 Å². The Kier molecular flexibility index (Phi) is 5.26. The number of phenols is 2. The maximum absolute atomic E-state index is 13.2. The normalized spacial score (nSPS) is 28.8. The van der Waals surface area contributed by atoms with Crippen LogP contribution in [0.3, 0.4) is 0 Å². The quantitative estimate of drug-likeness (QED) is 0.478. The summed E-state index contributed by atoms with van der Waals surface area (Å²) in [5.74, 6) is -0.717.